The van der Waals surface area contributed by atoms with Gasteiger partial charge in [0.1, 0.15) is 6.10 Å². The van der Waals surface area contributed by atoms with Gasteiger partial charge in [-0.25, -0.2) is 0 Å². The first-order valence-corrected chi connectivity index (χ1v) is 9.05. The van der Waals surface area contributed by atoms with E-state index in [0.717, 1.165) is 14.6 Å². The van der Waals surface area contributed by atoms with E-state index in [1.54, 1.807) is 24.3 Å². The van der Waals surface area contributed by atoms with Gasteiger partial charge in [-0.1, -0.05) is 17.7 Å². The molecule has 1 amide bonds. The highest BCUT2D eigenvalue weighted by molar-refractivity contribution is 7.12. The fraction of sp³-hybridized carbons (Fsp3) is 0.118. The van der Waals surface area contributed by atoms with E-state index in [1.807, 2.05) is 29.6 Å². The number of hydrogen-bond donors (Lipinski definition) is 2. The minimum Gasteiger partial charge on any atom is -0.382 e. The number of amides is 1. The van der Waals surface area contributed by atoms with Crippen LogP contribution in [0.25, 0.3) is 0 Å². The number of carbonyl (C=O) groups is 1. The predicted octanol–water partition coefficient (Wildman–Crippen LogP) is 4.47. The Bertz CT molecular complexity index is 781. The molecule has 0 aliphatic carbocycles. The number of carbonyl (C=O) groups excluding carboxylic acids is 1. The van der Waals surface area contributed by atoms with E-state index in [0.29, 0.717) is 17.1 Å². The zero-order valence-electron chi connectivity index (χ0n) is 12.0. The molecule has 1 atom stereocenters. The molecule has 6 heteroatoms. The summed E-state index contributed by atoms with van der Waals surface area (Å²) in [6, 6.07) is 14.4. The number of hydrogen-bond acceptors (Lipinski definition) is 4. The molecule has 0 bridgehead atoms. The van der Waals surface area contributed by atoms with Crippen LogP contribution in [-0.4, -0.2) is 11.0 Å². The van der Waals surface area contributed by atoms with E-state index in [4.69, 9.17) is 11.6 Å². The van der Waals surface area contributed by atoms with Gasteiger partial charge in [0.25, 0.3) is 5.91 Å². The predicted molar refractivity (Wildman–Crippen MR) is 95.3 cm³/mol. The van der Waals surface area contributed by atoms with Gasteiger partial charge in [-0.05, 0) is 47.8 Å². The Morgan fingerprint density at radius 1 is 1.13 bits per heavy atom. The number of aliphatic hydroxyl groups is 1. The molecule has 0 radical (unpaired) electrons. The maximum Gasteiger partial charge on any atom is 0.251 e. The largest absolute Gasteiger partial charge is 0.382 e. The Morgan fingerprint density at radius 3 is 2.61 bits per heavy atom. The maximum atomic E-state index is 12.1. The van der Waals surface area contributed by atoms with Gasteiger partial charge in [0.05, 0.1) is 6.54 Å². The van der Waals surface area contributed by atoms with E-state index in [2.05, 4.69) is 5.32 Å². The average Bonchev–Trinajstić information content (AvgIpc) is 3.24. The molecule has 1 aromatic carbocycles. The number of thiophene rings is 2. The van der Waals surface area contributed by atoms with E-state index in [9.17, 15) is 9.90 Å². The van der Waals surface area contributed by atoms with Crippen molar-refractivity contribution >= 4 is 40.2 Å². The third kappa shape index (κ3) is 4.00. The van der Waals surface area contributed by atoms with Crippen molar-refractivity contribution < 1.29 is 9.90 Å². The monoisotopic (exact) mass is 363 g/mol. The summed E-state index contributed by atoms with van der Waals surface area (Å²) < 4.78 is 0. The first kappa shape index (κ1) is 16.2. The maximum absolute atomic E-state index is 12.1. The smallest absolute Gasteiger partial charge is 0.251 e. The second-order valence-corrected chi connectivity index (χ2v) is 7.53. The summed E-state index contributed by atoms with van der Waals surface area (Å²) in [5, 5.41) is 15.7. The fourth-order valence-corrected chi connectivity index (χ4v) is 3.98. The van der Waals surface area contributed by atoms with Crippen molar-refractivity contribution in [2.75, 3.05) is 0 Å². The van der Waals surface area contributed by atoms with E-state index in [1.165, 1.54) is 22.7 Å². The lowest BCUT2D eigenvalue weighted by atomic mass is 10.2. The topological polar surface area (TPSA) is 49.3 Å². The van der Waals surface area contributed by atoms with Crippen LogP contribution < -0.4 is 5.32 Å². The van der Waals surface area contributed by atoms with Crippen LogP contribution in [0, 0.1) is 0 Å². The van der Waals surface area contributed by atoms with Gasteiger partial charge in [0.15, 0.2) is 0 Å². The van der Waals surface area contributed by atoms with Crippen LogP contribution in [0.1, 0.15) is 31.1 Å². The summed E-state index contributed by atoms with van der Waals surface area (Å²) in [6.07, 6.45) is -0.597. The Balaban J connectivity index is 1.61. The summed E-state index contributed by atoms with van der Waals surface area (Å²) in [4.78, 5) is 14.9. The van der Waals surface area contributed by atoms with E-state index in [-0.39, 0.29) is 5.91 Å². The quantitative estimate of drug-likeness (QED) is 0.702. The van der Waals surface area contributed by atoms with Crippen molar-refractivity contribution in [3.63, 3.8) is 0 Å². The van der Waals surface area contributed by atoms with Gasteiger partial charge >= 0.3 is 0 Å². The van der Waals surface area contributed by atoms with Crippen molar-refractivity contribution in [3.05, 3.63) is 79.1 Å². The molecule has 0 unspecified atom stereocenters. The minimum atomic E-state index is -0.597. The van der Waals surface area contributed by atoms with Gasteiger partial charge in [0.2, 0.25) is 0 Å². The van der Waals surface area contributed by atoms with Crippen molar-refractivity contribution in [1.29, 1.82) is 0 Å². The molecule has 0 saturated heterocycles. The van der Waals surface area contributed by atoms with Crippen molar-refractivity contribution in [2.24, 2.45) is 0 Å². The van der Waals surface area contributed by atoms with Gasteiger partial charge in [-0.3, -0.25) is 4.79 Å². The van der Waals surface area contributed by atoms with Crippen LogP contribution in [-0.2, 0) is 6.54 Å². The Morgan fingerprint density at radius 2 is 1.91 bits per heavy atom. The van der Waals surface area contributed by atoms with Crippen molar-refractivity contribution in [2.45, 2.75) is 12.6 Å². The Kier molecular flexibility index (Phi) is 5.13. The van der Waals surface area contributed by atoms with Gasteiger partial charge in [-0.15, -0.1) is 22.7 Å². The standard InChI is InChI=1S/C17H14ClNO2S2/c18-12-5-3-11(4-6-12)17(21)19-10-13-7-8-15(23-13)16(20)14-2-1-9-22-14/h1-9,16,20H,10H2,(H,19,21)/t16-/m0/s1. The molecule has 3 rings (SSSR count). The van der Waals surface area contributed by atoms with Crippen molar-refractivity contribution in [1.82, 2.24) is 5.32 Å². The average molecular weight is 364 g/mol. The summed E-state index contributed by atoms with van der Waals surface area (Å²) >= 11 is 8.84. The molecule has 3 nitrogen and oxygen atoms in total. The Hall–Kier alpha value is -1.66. The number of rotatable bonds is 5. The van der Waals surface area contributed by atoms with Gasteiger partial charge in [-0.2, -0.15) is 0 Å². The SMILES string of the molecule is O=C(NCc1ccc([C@@H](O)c2cccs2)s1)c1ccc(Cl)cc1. The fourth-order valence-electron chi connectivity index (χ4n) is 2.09. The normalized spacial score (nSPS) is 12.1. The van der Waals surface area contributed by atoms with Gasteiger partial charge in [0, 0.05) is 25.2 Å². The lowest BCUT2D eigenvalue weighted by Crippen LogP contribution is -2.22. The lowest BCUT2D eigenvalue weighted by Gasteiger charge is -2.05. The first-order valence-electron chi connectivity index (χ1n) is 6.97. The van der Waals surface area contributed by atoms with Crippen LogP contribution in [0.15, 0.2) is 53.9 Å². The number of nitrogens with one attached hydrogen (secondary N) is 1. The molecule has 0 aliphatic heterocycles. The van der Waals surface area contributed by atoms with Crippen LogP contribution in [0.5, 0.6) is 0 Å². The molecule has 0 fully saturated rings. The second-order valence-electron chi connectivity index (χ2n) is 4.91. The van der Waals surface area contributed by atoms with Crippen LogP contribution in [0.4, 0.5) is 0 Å². The van der Waals surface area contributed by atoms with Crippen LogP contribution in [0.2, 0.25) is 5.02 Å². The molecule has 23 heavy (non-hydrogen) atoms. The first-order chi connectivity index (χ1) is 11.1. The molecule has 0 saturated carbocycles. The van der Waals surface area contributed by atoms with Crippen LogP contribution in [0.3, 0.4) is 0 Å². The Labute approximate surface area is 147 Å². The summed E-state index contributed by atoms with van der Waals surface area (Å²) in [5.41, 5.74) is 0.574. The molecule has 0 spiro atoms. The van der Waals surface area contributed by atoms with E-state index >= 15 is 0 Å². The summed E-state index contributed by atoms with van der Waals surface area (Å²) in [6.45, 7) is 0.434. The third-order valence-electron chi connectivity index (χ3n) is 3.29. The van der Waals surface area contributed by atoms with E-state index < -0.39 is 6.10 Å². The number of aliphatic hydroxyl groups excluding tert-OH is 1. The zero-order chi connectivity index (χ0) is 16.2. The number of halogens is 1. The zero-order valence-corrected chi connectivity index (χ0v) is 14.4. The van der Waals surface area contributed by atoms with Gasteiger partial charge < -0.3 is 10.4 Å². The molecule has 3 aromatic rings. The second kappa shape index (κ2) is 7.27. The molecule has 2 N–H and O–H groups in total. The summed E-state index contributed by atoms with van der Waals surface area (Å²) in [5.74, 6) is -0.143. The molecule has 2 heterocycles. The lowest BCUT2D eigenvalue weighted by molar-refractivity contribution is 0.0951. The highest BCUT2D eigenvalue weighted by atomic mass is 35.5. The molecular formula is C17H14ClNO2S2. The van der Waals surface area contributed by atoms with Crippen LogP contribution >= 0.6 is 34.3 Å². The molecular weight excluding hydrogens is 350 g/mol. The minimum absolute atomic E-state index is 0.143. The van der Waals surface area contributed by atoms with Crippen molar-refractivity contribution in [3.8, 4) is 0 Å². The summed E-state index contributed by atoms with van der Waals surface area (Å²) in [7, 11) is 0. The molecule has 0 aliphatic rings. The molecule has 118 valence electrons. The third-order valence-corrected chi connectivity index (χ3v) is 5.61. The highest BCUT2D eigenvalue weighted by Gasteiger charge is 2.14. The highest BCUT2D eigenvalue weighted by Crippen LogP contribution is 2.30. The molecule has 2 aromatic heterocycles. The number of benzene rings is 1.